The average Bonchev–Trinajstić information content (AvgIpc) is 3.46. The summed E-state index contributed by atoms with van der Waals surface area (Å²) in [5, 5.41) is 6.45. The van der Waals surface area contributed by atoms with Crippen molar-refractivity contribution in [3.8, 4) is 5.69 Å². The van der Waals surface area contributed by atoms with Gasteiger partial charge in [-0.3, -0.25) is 9.59 Å². The van der Waals surface area contributed by atoms with E-state index in [4.69, 9.17) is 4.42 Å². The first kappa shape index (κ1) is 20.7. The molecule has 10 heteroatoms. The van der Waals surface area contributed by atoms with Crippen LogP contribution in [0.15, 0.2) is 47.4 Å². The van der Waals surface area contributed by atoms with Crippen molar-refractivity contribution in [2.45, 2.75) is 18.9 Å². The molecule has 0 bridgehead atoms. The van der Waals surface area contributed by atoms with Crippen molar-refractivity contribution in [1.29, 1.82) is 0 Å². The summed E-state index contributed by atoms with van der Waals surface area (Å²) >= 11 is 0. The van der Waals surface area contributed by atoms with Crippen LogP contribution in [0.5, 0.6) is 0 Å². The zero-order valence-corrected chi connectivity index (χ0v) is 17.3. The van der Waals surface area contributed by atoms with Crippen LogP contribution < -0.4 is 5.32 Å². The van der Waals surface area contributed by atoms with Crippen LogP contribution in [0.1, 0.15) is 34.0 Å². The second kappa shape index (κ2) is 8.68. The van der Waals surface area contributed by atoms with E-state index in [9.17, 15) is 14.0 Å². The maximum atomic E-state index is 14.3. The molecule has 1 aliphatic rings. The maximum Gasteiger partial charge on any atom is 0.291 e. The topological polar surface area (TPSA) is 96.5 Å². The number of piperidine rings is 1. The summed E-state index contributed by atoms with van der Waals surface area (Å²) in [6.07, 6.45) is 4.46. The lowest BCUT2D eigenvalue weighted by Crippen LogP contribution is -2.44. The van der Waals surface area contributed by atoms with Gasteiger partial charge in [-0.25, -0.2) is 14.1 Å². The molecule has 0 aliphatic carbocycles. The minimum absolute atomic E-state index is 0.0270. The second-order valence-electron chi connectivity index (χ2n) is 7.57. The molecule has 2 amide bonds. The molecule has 0 saturated carbocycles. The molecule has 0 radical (unpaired) electrons. The van der Waals surface area contributed by atoms with Gasteiger partial charge in [0.1, 0.15) is 18.3 Å². The Balaban J connectivity index is 1.41. The number of anilines is 1. The van der Waals surface area contributed by atoms with Gasteiger partial charge in [-0.1, -0.05) is 0 Å². The Morgan fingerprint density at radius 3 is 2.61 bits per heavy atom. The number of halogens is 1. The van der Waals surface area contributed by atoms with Crippen LogP contribution in [-0.4, -0.2) is 69.6 Å². The van der Waals surface area contributed by atoms with E-state index in [1.54, 1.807) is 18.0 Å². The Labute approximate surface area is 178 Å². The number of likely N-dealkylation sites (tertiary alicyclic amines) is 1. The number of carbonyl (C=O) groups excluding carboxylic acids is 2. The number of nitrogens with one attached hydrogen (secondary N) is 1. The highest BCUT2D eigenvalue weighted by Crippen LogP contribution is 2.20. The van der Waals surface area contributed by atoms with Crippen LogP contribution >= 0.6 is 0 Å². The number of hydrogen-bond donors (Lipinski definition) is 1. The minimum atomic E-state index is -0.575. The zero-order chi connectivity index (χ0) is 22.0. The Hall–Kier alpha value is -3.53. The van der Waals surface area contributed by atoms with E-state index < -0.39 is 11.7 Å². The number of amides is 2. The molecule has 1 N–H and O–H groups in total. The van der Waals surface area contributed by atoms with Gasteiger partial charge in [-0.15, -0.1) is 0 Å². The summed E-state index contributed by atoms with van der Waals surface area (Å²) < 4.78 is 21.1. The van der Waals surface area contributed by atoms with Gasteiger partial charge < -0.3 is 19.5 Å². The summed E-state index contributed by atoms with van der Waals surface area (Å²) in [4.78, 5) is 32.9. The number of hydrogen-bond acceptors (Lipinski definition) is 6. The normalized spacial score (nSPS) is 15.1. The molecule has 1 aromatic carbocycles. The lowest BCUT2D eigenvalue weighted by atomic mass is 10.0. The van der Waals surface area contributed by atoms with Crippen molar-refractivity contribution >= 4 is 17.5 Å². The molecule has 162 valence electrons. The van der Waals surface area contributed by atoms with Gasteiger partial charge in [-0.2, -0.15) is 5.10 Å². The van der Waals surface area contributed by atoms with Crippen molar-refractivity contribution in [3.63, 3.8) is 0 Å². The van der Waals surface area contributed by atoms with Gasteiger partial charge in [0.05, 0.1) is 0 Å². The number of rotatable bonds is 5. The second-order valence-corrected chi connectivity index (χ2v) is 7.57. The zero-order valence-electron chi connectivity index (χ0n) is 17.3. The maximum absolute atomic E-state index is 14.3. The lowest BCUT2D eigenvalue weighted by molar-refractivity contribution is 0.0626. The molecule has 0 atom stereocenters. The summed E-state index contributed by atoms with van der Waals surface area (Å²) in [5.41, 5.74) is 0.456. The van der Waals surface area contributed by atoms with Gasteiger partial charge in [0.15, 0.2) is 17.3 Å². The largest absolute Gasteiger partial charge is 0.446 e. The van der Waals surface area contributed by atoms with Crippen LogP contribution in [0.4, 0.5) is 10.1 Å². The van der Waals surface area contributed by atoms with Crippen LogP contribution in [0.2, 0.25) is 0 Å². The molecule has 4 rings (SSSR count). The van der Waals surface area contributed by atoms with Gasteiger partial charge in [0.2, 0.25) is 0 Å². The number of benzene rings is 1. The van der Waals surface area contributed by atoms with E-state index in [2.05, 4.69) is 27.3 Å². The highest BCUT2D eigenvalue weighted by atomic mass is 19.1. The molecular weight excluding hydrogens is 403 g/mol. The van der Waals surface area contributed by atoms with Crippen molar-refractivity contribution in [2.75, 3.05) is 32.5 Å². The van der Waals surface area contributed by atoms with Crippen molar-refractivity contribution in [1.82, 2.24) is 24.6 Å². The van der Waals surface area contributed by atoms with Crippen LogP contribution in [-0.2, 0) is 0 Å². The predicted octanol–water partition coefficient (Wildman–Crippen LogP) is 2.42. The van der Waals surface area contributed by atoms with Crippen molar-refractivity contribution < 1.29 is 18.4 Å². The molecule has 9 nitrogen and oxygen atoms in total. The van der Waals surface area contributed by atoms with Crippen molar-refractivity contribution in [2.24, 2.45) is 0 Å². The molecular formula is C21H23FN6O3. The third kappa shape index (κ3) is 4.48. The first-order chi connectivity index (χ1) is 14.9. The summed E-state index contributed by atoms with van der Waals surface area (Å²) in [5.74, 6) is -1.34. The molecule has 31 heavy (non-hydrogen) atoms. The van der Waals surface area contributed by atoms with E-state index in [1.165, 1.54) is 41.6 Å². The summed E-state index contributed by atoms with van der Waals surface area (Å²) in [6, 6.07) is 7.26. The molecule has 3 aromatic rings. The summed E-state index contributed by atoms with van der Waals surface area (Å²) in [6.45, 7) is 1.86. The first-order valence-corrected chi connectivity index (χ1v) is 9.94. The average molecular weight is 426 g/mol. The SMILES string of the molecule is CN1CCC(N(C)C(=O)c2ccc(C(=O)Nc3ccc(-n4cncn4)c(F)c3)o2)CC1. The monoisotopic (exact) mass is 426 g/mol. The highest BCUT2D eigenvalue weighted by molar-refractivity contribution is 6.03. The Bertz CT molecular complexity index is 1070. The van der Waals surface area contributed by atoms with Gasteiger partial charge in [0.25, 0.3) is 11.8 Å². The summed E-state index contributed by atoms with van der Waals surface area (Å²) in [7, 11) is 3.81. The molecule has 2 aromatic heterocycles. The molecule has 0 spiro atoms. The fourth-order valence-corrected chi connectivity index (χ4v) is 3.59. The third-order valence-electron chi connectivity index (χ3n) is 5.47. The first-order valence-electron chi connectivity index (χ1n) is 9.94. The minimum Gasteiger partial charge on any atom is -0.446 e. The Kier molecular flexibility index (Phi) is 5.81. The lowest BCUT2D eigenvalue weighted by Gasteiger charge is -2.34. The number of furan rings is 1. The fourth-order valence-electron chi connectivity index (χ4n) is 3.59. The number of carbonyl (C=O) groups is 2. The molecule has 1 fully saturated rings. The third-order valence-corrected chi connectivity index (χ3v) is 5.47. The van der Waals surface area contributed by atoms with Gasteiger partial charge in [-0.05, 0) is 63.3 Å². The van der Waals surface area contributed by atoms with Crippen molar-refractivity contribution in [3.05, 3.63) is 60.3 Å². The molecule has 0 unspecified atom stereocenters. The van der Waals surface area contributed by atoms with Gasteiger partial charge in [0, 0.05) is 18.8 Å². The van der Waals surface area contributed by atoms with E-state index in [0.29, 0.717) is 0 Å². The number of aromatic nitrogens is 3. The molecule has 3 heterocycles. The standard InChI is InChI=1S/C21H23FN6O3/c1-26-9-7-15(8-10-26)27(2)21(30)19-6-5-18(31-19)20(29)25-14-3-4-17(16(22)11-14)28-13-23-12-24-28/h3-6,11-13,15H,7-10H2,1-2H3,(H,25,29). The number of nitrogens with zero attached hydrogens (tertiary/aromatic N) is 5. The van der Waals surface area contributed by atoms with E-state index in [1.807, 2.05) is 0 Å². The van der Waals surface area contributed by atoms with Crippen LogP contribution in [0.25, 0.3) is 5.69 Å². The highest BCUT2D eigenvalue weighted by Gasteiger charge is 2.27. The van der Waals surface area contributed by atoms with Crippen LogP contribution in [0.3, 0.4) is 0 Å². The van der Waals surface area contributed by atoms with E-state index in [0.717, 1.165) is 25.9 Å². The van der Waals surface area contributed by atoms with Gasteiger partial charge >= 0.3 is 0 Å². The fraction of sp³-hybridized carbons (Fsp3) is 0.333. The Morgan fingerprint density at radius 2 is 1.94 bits per heavy atom. The molecule has 1 aliphatic heterocycles. The van der Waals surface area contributed by atoms with E-state index >= 15 is 0 Å². The van der Waals surface area contributed by atoms with Crippen LogP contribution in [0, 0.1) is 5.82 Å². The smallest absolute Gasteiger partial charge is 0.291 e. The predicted molar refractivity (Wildman–Crippen MR) is 111 cm³/mol. The quantitative estimate of drug-likeness (QED) is 0.673. The van der Waals surface area contributed by atoms with E-state index in [-0.39, 0.29) is 34.8 Å². The Morgan fingerprint density at radius 1 is 1.19 bits per heavy atom. The molecule has 1 saturated heterocycles.